The van der Waals surface area contributed by atoms with Gasteiger partial charge in [0.2, 0.25) is 0 Å². The van der Waals surface area contributed by atoms with Crippen LogP contribution in [0.2, 0.25) is 0 Å². The highest BCUT2D eigenvalue weighted by molar-refractivity contribution is 5.86. The molecule has 0 aliphatic rings. The maximum atomic E-state index is 10.6. The average Bonchev–Trinajstić information content (AvgIpc) is 2.39. The molecule has 0 aromatic carbocycles. The fourth-order valence-electron chi connectivity index (χ4n) is 1.12. The van der Waals surface area contributed by atoms with E-state index < -0.39 is 40.8 Å². The molecular weight excluding hydrogens is 288 g/mol. The molecule has 0 amide bonds. The molecule has 0 saturated carbocycles. The molecule has 0 atom stereocenters. The van der Waals surface area contributed by atoms with E-state index in [9.17, 15) is 24.0 Å². The standard InChI is InChI=1S/C5H4N2O4.C5H6N2O3/c8-3-2(4(9)10)1-6-5(11)7-3;8-3-7-2-1-4(9)6-5(7)10/h1H,(H,9,10)(H2,6,7,8,11);1-2,8H,3H2,(H,6,9,10). The summed E-state index contributed by atoms with van der Waals surface area (Å²) in [5.74, 6) is -1.37. The van der Waals surface area contributed by atoms with Crippen LogP contribution in [-0.4, -0.2) is 35.7 Å². The fraction of sp³-hybridized carbons (Fsp3) is 0.100. The van der Waals surface area contributed by atoms with Crippen molar-refractivity contribution in [3.8, 4) is 0 Å². The SMILES string of the molecule is O=C(O)c1c[nH]c(=O)[nH]c1=O.O=c1ccn(CO)c(=O)[nH]1. The smallest absolute Gasteiger partial charge is 0.342 e. The van der Waals surface area contributed by atoms with Crippen molar-refractivity contribution in [2.75, 3.05) is 0 Å². The van der Waals surface area contributed by atoms with Crippen molar-refractivity contribution < 1.29 is 15.0 Å². The molecule has 0 unspecified atom stereocenters. The van der Waals surface area contributed by atoms with E-state index in [0.29, 0.717) is 0 Å². The Kier molecular flexibility index (Phi) is 5.14. The van der Waals surface area contributed by atoms with Crippen LogP contribution in [0.15, 0.2) is 37.6 Å². The zero-order chi connectivity index (χ0) is 16.0. The number of hydrogen-bond donors (Lipinski definition) is 5. The topological polar surface area (TPSA) is 178 Å². The minimum atomic E-state index is -1.37. The third-order valence-corrected chi connectivity index (χ3v) is 2.10. The number of H-pyrrole nitrogens is 3. The number of carboxylic acid groups (broad SMARTS) is 1. The van der Waals surface area contributed by atoms with Crippen molar-refractivity contribution in [1.29, 1.82) is 0 Å². The number of nitrogens with one attached hydrogen (secondary N) is 3. The highest BCUT2D eigenvalue weighted by Gasteiger charge is 2.06. The van der Waals surface area contributed by atoms with Gasteiger partial charge in [0.25, 0.3) is 11.1 Å². The number of aromatic carboxylic acids is 1. The maximum Gasteiger partial charge on any atom is 0.342 e. The first kappa shape index (κ1) is 15.8. The molecule has 0 aliphatic heterocycles. The Morgan fingerprint density at radius 1 is 1.19 bits per heavy atom. The van der Waals surface area contributed by atoms with Gasteiger partial charge >= 0.3 is 17.3 Å². The van der Waals surface area contributed by atoms with Gasteiger partial charge in [-0.15, -0.1) is 0 Å². The van der Waals surface area contributed by atoms with Crippen molar-refractivity contribution in [2.24, 2.45) is 0 Å². The van der Waals surface area contributed by atoms with Gasteiger partial charge in [0.05, 0.1) is 0 Å². The highest BCUT2D eigenvalue weighted by Crippen LogP contribution is 1.81. The molecule has 0 spiro atoms. The van der Waals surface area contributed by atoms with Gasteiger partial charge in [0.15, 0.2) is 0 Å². The molecule has 11 nitrogen and oxygen atoms in total. The second-order valence-electron chi connectivity index (χ2n) is 3.51. The molecule has 0 bridgehead atoms. The zero-order valence-corrected chi connectivity index (χ0v) is 10.3. The summed E-state index contributed by atoms with van der Waals surface area (Å²) in [5.41, 5.74) is -3.17. The van der Waals surface area contributed by atoms with Crippen LogP contribution in [0.5, 0.6) is 0 Å². The van der Waals surface area contributed by atoms with Gasteiger partial charge in [-0.1, -0.05) is 0 Å². The molecule has 21 heavy (non-hydrogen) atoms. The van der Waals surface area contributed by atoms with Crippen molar-refractivity contribution in [3.05, 3.63) is 65.7 Å². The average molecular weight is 298 g/mol. The number of aliphatic hydroxyl groups is 1. The number of carbonyl (C=O) groups is 1. The Hall–Kier alpha value is -3.21. The Bertz CT molecular complexity index is 857. The first-order valence-corrected chi connectivity index (χ1v) is 5.31. The zero-order valence-electron chi connectivity index (χ0n) is 10.3. The quantitative estimate of drug-likeness (QED) is 0.398. The fourth-order valence-corrected chi connectivity index (χ4v) is 1.12. The molecule has 0 aliphatic carbocycles. The highest BCUT2D eigenvalue weighted by atomic mass is 16.4. The number of carboxylic acids is 1. The Morgan fingerprint density at radius 3 is 2.33 bits per heavy atom. The van der Waals surface area contributed by atoms with Crippen LogP contribution in [0, 0.1) is 0 Å². The monoisotopic (exact) mass is 298 g/mol. The number of rotatable bonds is 2. The molecule has 11 heteroatoms. The third-order valence-electron chi connectivity index (χ3n) is 2.10. The van der Waals surface area contributed by atoms with Crippen molar-refractivity contribution in [2.45, 2.75) is 6.73 Å². The molecular formula is C10H10N4O7. The Balaban J connectivity index is 0.000000211. The molecule has 5 N–H and O–H groups in total. The van der Waals surface area contributed by atoms with Gasteiger partial charge < -0.3 is 15.2 Å². The summed E-state index contributed by atoms with van der Waals surface area (Å²) in [4.78, 5) is 58.0. The van der Waals surface area contributed by atoms with E-state index in [1.54, 1.807) is 4.98 Å². The molecule has 2 heterocycles. The summed E-state index contributed by atoms with van der Waals surface area (Å²) in [7, 11) is 0. The Labute approximate surface area is 114 Å². The lowest BCUT2D eigenvalue weighted by molar-refractivity contribution is 0.0694. The van der Waals surface area contributed by atoms with Crippen LogP contribution in [0.4, 0.5) is 0 Å². The minimum Gasteiger partial charge on any atom is -0.477 e. The van der Waals surface area contributed by atoms with Gasteiger partial charge in [-0.2, -0.15) is 0 Å². The van der Waals surface area contributed by atoms with E-state index in [0.717, 1.165) is 16.8 Å². The van der Waals surface area contributed by atoms with Gasteiger partial charge in [0.1, 0.15) is 12.3 Å². The molecule has 0 radical (unpaired) electrons. The predicted octanol–water partition coefficient (Wildman–Crippen LogP) is -2.75. The molecule has 0 fully saturated rings. The van der Waals surface area contributed by atoms with Crippen molar-refractivity contribution in [3.63, 3.8) is 0 Å². The number of aromatic nitrogens is 4. The lowest BCUT2D eigenvalue weighted by Gasteiger charge is -1.95. The summed E-state index contributed by atoms with van der Waals surface area (Å²) in [6.07, 6.45) is 2.07. The first-order chi connectivity index (χ1) is 9.85. The lowest BCUT2D eigenvalue weighted by Crippen LogP contribution is -2.28. The van der Waals surface area contributed by atoms with Crippen LogP contribution in [0.25, 0.3) is 0 Å². The molecule has 2 aromatic heterocycles. The van der Waals surface area contributed by atoms with Crippen LogP contribution in [0.3, 0.4) is 0 Å². The van der Waals surface area contributed by atoms with E-state index in [1.165, 1.54) is 6.20 Å². The van der Waals surface area contributed by atoms with Crippen LogP contribution in [-0.2, 0) is 6.73 Å². The molecule has 112 valence electrons. The van der Waals surface area contributed by atoms with Gasteiger partial charge in [0, 0.05) is 18.5 Å². The number of aliphatic hydroxyl groups excluding tert-OH is 1. The molecule has 0 saturated heterocycles. The van der Waals surface area contributed by atoms with Gasteiger partial charge in [-0.05, 0) is 0 Å². The van der Waals surface area contributed by atoms with E-state index in [4.69, 9.17) is 10.2 Å². The number of nitrogens with zero attached hydrogens (tertiary/aromatic N) is 1. The largest absolute Gasteiger partial charge is 0.477 e. The van der Waals surface area contributed by atoms with Crippen molar-refractivity contribution >= 4 is 5.97 Å². The van der Waals surface area contributed by atoms with E-state index >= 15 is 0 Å². The first-order valence-electron chi connectivity index (χ1n) is 5.31. The van der Waals surface area contributed by atoms with Gasteiger partial charge in [-0.3, -0.25) is 24.1 Å². The summed E-state index contributed by atoms with van der Waals surface area (Å²) in [6, 6.07) is 1.16. The van der Waals surface area contributed by atoms with E-state index in [1.807, 2.05) is 9.97 Å². The van der Waals surface area contributed by atoms with Gasteiger partial charge in [-0.25, -0.2) is 14.4 Å². The van der Waals surface area contributed by atoms with E-state index in [2.05, 4.69) is 0 Å². The van der Waals surface area contributed by atoms with Crippen LogP contribution < -0.4 is 22.5 Å². The maximum absolute atomic E-state index is 10.6. The van der Waals surface area contributed by atoms with Crippen molar-refractivity contribution in [1.82, 2.24) is 19.5 Å². The summed E-state index contributed by atoms with van der Waals surface area (Å²) in [6.45, 7) is -0.421. The van der Waals surface area contributed by atoms with Crippen LogP contribution in [0.1, 0.15) is 10.4 Å². The molecule has 2 aromatic rings. The van der Waals surface area contributed by atoms with E-state index in [-0.39, 0.29) is 0 Å². The third kappa shape index (κ3) is 4.43. The molecule has 2 rings (SSSR count). The summed E-state index contributed by atoms with van der Waals surface area (Å²) in [5, 5.41) is 16.8. The van der Waals surface area contributed by atoms with Crippen LogP contribution >= 0.6 is 0 Å². The normalized spacial score (nSPS) is 9.57. The minimum absolute atomic E-state index is 0.421. The lowest BCUT2D eigenvalue weighted by atomic mass is 10.3. The number of hydrogen-bond acceptors (Lipinski definition) is 6. The summed E-state index contributed by atoms with van der Waals surface area (Å²) >= 11 is 0. The Morgan fingerprint density at radius 2 is 1.86 bits per heavy atom. The predicted molar refractivity (Wildman–Crippen MR) is 68.2 cm³/mol. The second kappa shape index (κ2) is 6.81. The number of aromatic amines is 3. The second-order valence-corrected chi connectivity index (χ2v) is 3.51. The summed E-state index contributed by atoms with van der Waals surface area (Å²) < 4.78 is 0.974.